The van der Waals surface area contributed by atoms with Crippen molar-refractivity contribution in [3.05, 3.63) is 111 Å². The Hall–Kier alpha value is -5.93. The highest BCUT2D eigenvalue weighted by atomic mass is 19.4. The van der Waals surface area contributed by atoms with E-state index in [-0.39, 0.29) is 29.2 Å². The maximum Gasteiger partial charge on any atom is 0.418 e. The summed E-state index contributed by atoms with van der Waals surface area (Å²) in [6, 6.07) is 14.0. The van der Waals surface area contributed by atoms with Crippen LogP contribution in [0, 0.1) is 5.92 Å². The zero-order valence-corrected chi connectivity index (χ0v) is 40.2. The number of ether oxygens (including phenoxy) is 1. The number of halogens is 3. The van der Waals surface area contributed by atoms with E-state index in [0.717, 1.165) is 112 Å². The minimum Gasteiger partial charge on any atom is -0.379 e. The van der Waals surface area contributed by atoms with Gasteiger partial charge in [0.2, 0.25) is 11.8 Å². The van der Waals surface area contributed by atoms with Crippen molar-refractivity contribution in [2.24, 2.45) is 13.0 Å². The van der Waals surface area contributed by atoms with Gasteiger partial charge in [0.25, 0.3) is 5.91 Å². The zero-order chi connectivity index (χ0) is 49.0. The van der Waals surface area contributed by atoms with Crippen molar-refractivity contribution in [3.63, 3.8) is 0 Å². The Bertz CT molecular complexity index is 2870. The lowest BCUT2D eigenvalue weighted by atomic mass is 9.75. The standard InChI is InChI=1S/C51H61F3N12O5/c1-58-34-55-57-45(58)26-50(32-71-33-50)38-3-2-4-40(25-38)64-31-44-42(51(52,53)54)23-36(29-66(44)49(64)70)28-61-17-15-60(16-18-61)14-13-59-11-9-35(10-12-59)27-62-19-21-63(22-20-62)39-5-6-41-37(24-39)30-65(48(41)69)43-7-8-46(67)56-47(43)68/h2-6,23-25,29,31,34-35,43H,7-22,26-28,30,32-33H2,1H3,(H,56,67,68). The number of pyridine rings is 1. The van der Waals surface area contributed by atoms with Crippen LogP contribution in [-0.2, 0) is 52.5 Å². The van der Waals surface area contributed by atoms with Crippen molar-refractivity contribution in [2.45, 2.75) is 62.8 Å². The lowest BCUT2D eigenvalue weighted by molar-refractivity contribution is -0.137. The Morgan fingerprint density at radius 1 is 0.803 bits per heavy atom. The number of rotatable bonds is 13. The van der Waals surface area contributed by atoms with Crippen molar-refractivity contribution in [3.8, 4) is 5.69 Å². The topological polar surface area (TPSA) is 149 Å². The number of nitrogens with one attached hydrogen (secondary N) is 1. The van der Waals surface area contributed by atoms with Crippen LogP contribution in [-0.4, -0.2) is 170 Å². The minimum absolute atomic E-state index is 0.148. The summed E-state index contributed by atoms with van der Waals surface area (Å²) in [5.41, 5.74) is 2.57. The second-order valence-corrected chi connectivity index (χ2v) is 20.6. The number of carbonyl (C=O) groups excluding carboxylic acids is 3. The van der Waals surface area contributed by atoms with Crippen molar-refractivity contribution in [1.29, 1.82) is 0 Å². The van der Waals surface area contributed by atoms with Gasteiger partial charge in [-0.15, -0.1) is 10.2 Å². The summed E-state index contributed by atoms with van der Waals surface area (Å²) in [6.07, 6.45) is 3.36. The number of hydrogen-bond acceptors (Lipinski definition) is 12. The first-order valence-corrected chi connectivity index (χ1v) is 25.0. The summed E-state index contributed by atoms with van der Waals surface area (Å²) in [5, 5.41) is 10.6. The lowest BCUT2D eigenvalue weighted by Crippen LogP contribution is -2.52. The molecule has 2 aromatic carbocycles. The number of aromatic nitrogens is 5. The van der Waals surface area contributed by atoms with Crippen LogP contribution in [0.15, 0.2) is 72.0 Å². The van der Waals surface area contributed by atoms with Crippen LogP contribution in [0.25, 0.3) is 11.2 Å². The summed E-state index contributed by atoms with van der Waals surface area (Å²) in [4.78, 5) is 65.0. The number of piperazine rings is 2. The first-order valence-electron chi connectivity index (χ1n) is 25.0. The van der Waals surface area contributed by atoms with Gasteiger partial charge < -0.3 is 24.0 Å². The average molecular weight is 979 g/mol. The van der Waals surface area contributed by atoms with Gasteiger partial charge in [-0.25, -0.2) is 4.79 Å². The van der Waals surface area contributed by atoms with E-state index in [4.69, 9.17) is 4.74 Å². The molecule has 71 heavy (non-hydrogen) atoms. The third kappa shape index (κ3) is 9.63. The highest BCUT2D eigenvalue weighted by molar-refractivity contribution is 6.05. The number of hydrogen-bond donors (Lipinski definition) is 1. The molecule has 0 spiro atoms. The minimum atomic E-state index is -4.66. The van der Waals surface area contributed by atoms with Gasteiger partial charge >= 0.3 is 11.9 Å². The molecule has 5 aromatic rings. The molecule has 1 unspecified atom stereocenters. The van der Waals surface area contributed by atoms with Crippen molar-refractivity contribution < 1.29 is 32.3 Å². The molecule has 5 fully saturated rings. The predicted octanol–water partition coefficient (Wildman–Crippen LogP) is 3.16. The number of amides is 3. The van der Waals surface area contributed by atoms with Crippen molar-refractivity contribution in [2.75, 3.05) is 103 Å². The molecule has 3 amide bonds. The Morgan fingerprint density at radius 2 is 1.54 bits per heavy atom. The average Bonchev–Trinajstić information content (AvgIpc) is 4.02. The molecule has 1 atom stereocenters. The number of likely N-dealkylation sites (tertiary alicyclic amines) is 1. The maximum absolute atomic E-state index is 14.7. The number of imide groups is 1. The largest absolute Gasteiger partial charge is 0.418 e. The van der Waals surface area contributed by atoms with Crippen LogP contribution in [0.4, 0.5) is 18.9 Å². The molecule has 376 valence electrons. The van der Waals surface area contributed by atoms with Gasteiger partial charge in [-0.05, 0) is 91.4 Å². The fourth-order valence-corrected chi connectivity index (χ4v) is 11.6. The number of imidazole rings is 1. The summed E-state index contributed by atoms with van der Waals surface area (Å²) < 4.78 is 54.0. The van der Waals surface area contributed by atoms with Gasteiger partial charge in [-0.2, -0.15) is 13.2 Å². The molecule has 6 aliphatic heterocycles. The van der Waals surface area contributed by atoms with Gasteiger partial charge in [0.15, 0.2) is 0 Å². The Morgan fingerprint density at radius 3 is 2.23 bits per heavy atom. The van der Waals surface area contributed by atoms with Crippen LogP contribution in [0.2, 0.25) is 0 Å². The molecule has 1 N–H and O–H groups in total. The Kier molecular flexibility index (Phi) is 12.8. The monoisotopic (exact) mass is 978 g/mol. The number of nitrogens with zero attached hydrogens (tertiary/aromatic N) is 11. The number of carbonyl (C=O) groups is 3. The summed E-state index contributed by atoms with van der Waals surface area (Å²) in [5.74, 6) is 0.621. The summed E-state index contributed by atoms with van der Waals surface area (Å²) in [7, 11) is 1.88. The predicted molar refractivity (Wildman–Crippen MR) is 257 cm³/mol. The molecule has 9 heterocycles. The van der Waals surface area contributed by atoms with Crippen LogP contribution >= 0.6 is 0 Å². The van der Waals surface area contributed by atoms with E-state index in [1.165, 1.54) is 29.7 Å². The number of benzene rings is 2. The van der Waals surface area contributed by atoms with Crippen LogP contribution in [0.1, 0.15) is 64.1 Å². The molecule has 5 saturated heterocycles. The first-order chi connectivity index (χ1) is 34.3. The van der Waals surface area contributed by atoms with E-state index in [9.17, 15) is 32.3 Å². The highest BCUT2D eigenvalue weighted by Gasteiger charge is 2.43. The molecule has 20 heteroatoms. The van der Waals surface area contributed by atoms with Crippen LogP contribution < -0.4 is 15.9 Å². The van der Waals surface area contributed by atoms with E-state index in [0.29, 0.717) is 61.9 Å². The number of anilines is 1. The molecule has 0 radical (unpaired) electrons. The lowest BCUT2D eigenvalue weighted by Gasteiger charge is -2.41. The van der Waals surface area contributed by atoms with Gasteiger partial charge in [-0.3, -0.25) is 43.4 Å². The highest BCUT2D eigenvalue weighted by Crippen LogP contribution is 2.38. The fourth-order valence-electron chi connectivity index (χ4n) is 11.6. The van der Waals surface area contributed by atoms with Crippen molar-refractivity contribution >= 4 is 28.9 Å². The Balaban J connectivity index is 0.634. The third-order valence-corrected chi connectivity index (χ3v) is 16.0. The quantitative estimate of drug-likeness (QED) is 0.173. The number of fused-ring (bicyclic) bond motifs is 2. The molecule has 0 bridgehead atoms. The van der Waals surface area contributed by atoms with Gasteiger partial charge in [0.1, 0.15) is 18.2 Å². The van der Waals surface area contributed by atoms with Crippen LogP contribution in [0.3, 0.4) is 0 Å². The number of aryl methyl sites for hydroxylation is 1. The molecule has 0 aliphatic carbocycles. The van der Waals surface area contributed by atoms with E-state index in [1.54, 1.807) is 23.5 Å². The summed E-state index contributed by atoms with van der Waals surface area (Å²) >= 11 is 0. The van der Waals surface area contributed by atoms with Crippen LogP contribution in [0.5, 0.6) is 0 Å². The zero-order valence-electron chi connectivity index (χ0n) is 40.2. The summed E-state index contributed by atoms with van der Waals surface area (Å²) in [6.45, 7) is 13.7. The second-order valence-electron chi connectivity index (χ2n) is 20.6. The molecule has 3 aromatic heterocycles. The van der Waals surface area contributed by atoms with E-state index < -0.39 is 29.4 Å². The number of piperidine rings is 2. The smallest absolute Gasteiger partial charge is 0.379 e. The van der Waals surface area contributed by atoms with E-state index in [1.807, 2.05) is 41.9 Å². The maximum atomic E-state index is 14.7. The van der Waals surface area contributed by atoms with Gasteiger partial charge in [-0.1, -0.05) is 12.1 Å². The fraction of sp³-hybridized carbons (Fsp3) is 0.529. The number of alkyl halides is 3. The third-order valence-electron chi connectivity index (χ3n) is 16.0. The first kappa shape index (κ1) is 47.4. The van der Waals surface area contributed by atoms with E-state index >= 15 is 0 Å². The normalized spacial score (nSPS) is 22.1. The van der Waals surface area contributed by atoms with E-state index in [2.05, 4.69) is 46.1 Å². The molecule has 6 aliphatic rings. The molecular formula is C51H61F3N12O5. The molecule has 11 rings (SSSR count). The van der Waals surface area contributed by atoms with Gasteiger partial charge in [0, 0.05) is 134 Å². The Labute approximate surface area is 409 Å². The molecular weight excluding hydrogens is 918 g/mol. The molecule has 17 nitrogen and oxygen atoms in total. The van der Waals surface area contributed by atoms with Crippen molar-refractivity contribution in [1.82, 2.24) is 53.5 Å². The molecule has 0 saturated carbocycles. The second kappa shape index (κ2) is 19.2. The SMILES string of the molecule is Cn1cnnc1CC1(c2cccc(-n3cc4c(C(F)(F)F)cc(CN5CCN(CCN6CCC(CN7CCN(c8ccc9c(c8)CN(C8CCC(=O)NC8=O)C9=O)CC7)CC6)CC5)cn4c3=O)c2)COC1. The van der Waals surface area contributed by atoms with Gasteiger partial charge in [0.05, 0.1) is 30.0 Å².